The Morgan fingerprint density at radius 2 is 1.63 bits per heavy atom. The van der Waals surface area contributed by atoms with Gasteiger partial charge < -0.3 is 10.0 Å². The van der Waals surface area contributed by atoms with Crippen molar-refractivity contribution in [1.82, 2.24) is 0 Å². The van der Waals surface area contributed by atoms with Crippen LogP contribution in [0.2, 0.25) is 0 Å². The fraction of sp³-hybridized carbons (Fsp3) is 0.476. The second-order valence-corrected chi connectivity index (χ2v) is 6.94. The number of nitro benzene ring substituents is 2. The summed E-state index contributed by atoms with van der Waals surface area (Å²) in [4.78, 5) is 35.3. The Balaban J connectivity index is 3.59. The minimum atomic E-state index is -1.42. The van der Waals surface area contributed by atoms with Crippen molar-refractivity contribution in [3.8, 4) is 0 Å². The predicted molar refractivity (Wildman–Crippen MR) is 116 cm³/mol. The number of rotatable bonds is 15. The standard InChI is InChI=1S/C21H29N3O6/c1-4-7-8-9-10-11-12-16-17(21(25)26)15-18(23(27)28)20(19(16)24(29)30)22(13-5-2)14-6-3/h5-6,15H,2-4,7-14H2,1H3,(H,25,26). The van der Waals surface area contributed by atoms with Crippen LogP contribution < -0.4 is 4.90 Å². The third-order valence-corrected chi connectivity index (χ3v) is 4.76. The Labute approximate surface area is 176 Å². The van der Waals surface area contributed by atoms with Gasteiger partial charge in [-0.3, -0.25) is 20.2 Å². The summed E-state index contributed by atoms with van der Waals surface area (Å²) in [6.45, 7) is 9.51. The minimum absolute atomic E-state index is 0.0155. The molecule has 1 N–H and O–H groups in total. The van der Waals surface area contributed by atoms with Crippen LogP contribution in [0, 0.1) is 20.2 Å². The van der Waals surface area contributed by atoms with E-state index in [1.165, 1.54) is 17.1 Å². The molecule has 0 aromatic heterocycles. The van der Waals surface area contributed by atoms with Crippen LogP contribution in [0.5, 0.6) is 0 Å². The lowest BCUT2D eigenvalue weighted by atomic mass is 9.96. The molecule has 0 atom stereocenters. The van der Waals surface area contributed by atoms with E-state index < -0.39 is 32.8 Å². The molecular formula is C21H29N3O6. The van der Waals surface area contributed by atoms with Crippen molar-refractivity contribution in [3.05, 3.63) is 62.7 Å². The van der Waals surface area contributed by atoms with Gasteiger partial charge in [0.05, 0.1) is 15.4 Å². The second-order valence-electron chi connectivity index (χ2n) is 6.94. The molecule has 9 nitrogen and oxygen atoms in total. The average molecular weight is 419 g/mol. The van der Waals surface area contributed by atoms with E-state index >= 15 is 0 Å². The monoisotopic (exact) mass is 419 g/mol. The molecule has 0 spiro atoms. The first kappa shape index (κ1) is 24.8. The summed E-state index contributed by atoms with van der Waals surface area (Å²) in [5.41, 5.74) is -1.74. The zero-order valence-electron chi connectivity index (χ0n) is 17.3. The first-order valence-electron chi connectivity index (χ1n) is 9.98. The molecular weight excluding hydrogens is 390 g/mol. The molecule has 0 saturated carbocycles. The molecule has 30 heavy (non-hydrogen) atoms. The highest BCUT2D eigenvalue weighted by Gasteiger charge is 2.36. The summed E-state index contributed by atoms with van der Waals surface area (Å²) in [6.07, 6.45) is 8.63. The fourth-order valence-electron chi connectivity index (χ4n) is 3.43. The van der Waals surface area contributed by atoms with Gasteiger partial charge in [0.25, 0.3) is 0 Å². The first-order valence-corrected chi connectivity index (χ1v) is 9.98. The van der Waals surface area contributed by atoms with E-state index in [1.54, 1.807) is 0 Å². The number of benzene rings is 1. The van der Waals surface area contributed by atoms with Crippen LogP contribution in [0.1, 0.15) is 61.4 Å². The van der Waals surface area contributed by atoms with Crippen molar-refractivity contribution in [2.24, 2.45) is 0 Å². The van der Waals surface area contributed by atoms with Crippen molar-refractivity contribution < 1.29 is 19.7 Å². The summed E-state index contributed by atoms with van der Waals surface area (Å²) in [7, 11) is 0. The molecule has 1 aromatic carbocycles. The molecule has 9 heteroatoms. The maximum absolute atomic E-state index is 12.0. The van der Waals surface area contributed by atoms with Gasteiger partial charge in [0.1, 0.15) is 0 Å². The molecule has 0 aliphatic heterocycles. The zero-order chi connectivity index (χ0) is 22.7. The molecule has 0 heterocycles. The van der Waals surface area contributed by atoms with Crippen molar-refractivity contribution in [1.29, 1.82) is 0 Å². The Bertz CT molecular complexity index is 796. The van der Waals surface area contributed by atoms with Gasteiger partial charge in [-0.2, -0.15) is 0 Å². The van der Waals surface area contributed by atoms with Gasteiger partial charge in [-0.1, -0.05) is 51.2 Å². The molecule has 0 saturated heterocycles. The number of nitro groups is 2. The lowest BCUT2D eigenvalue weighted by molar-refractivity contribution is -0.393. The van der Waals surface area contributed by atoms with E-state index in [4.69, 9.17) is 0 Å². The zero-order valence-corrected chi connectivity index (χ0v) is 17.3. The number of carbonyl (C=O) groups is 1. The van der Waals surface area contributed by atoms with Crippen LogP contribution >= 0.6 is 0 Å². The van der Waals surface area contributed by atoms with Crippen molar-refractivity contribution in [3.63, 3.8) is 0 Å². The van der Waals surface area contributed by atoms with Crippen LogP contribution in [0.3, 0.4) is 0 Å². The lowest BCUT2D eigenvalue weighted by Gasteiger charge is -2.23. The Morgan fingerprint density at radius 3 is 2.10 bits per heavy atom. The molecule has 0 aliphatic carbocycles. The van der Waals surface area contributed by atoms with Crippen LogP contribution in [-0.4, -0.2) is 34.0 Å². The summed E-state index contributed by atoms with van der Waals surface area (Å²) in [6, 6.07) is 0.927. The van der Waals surface area contributed by atoms with Crippen LogP contribution in [-0.2, 0) is 6.42 Å². The molecule has 0 fully saturated rings. The number of unbranched alkanes of at least 4 members (excludes halogenated alkanes) is 5. The second kappa shape index (κ2) is 12.4. The van der Waals surface area contributed by atoms with Crippen LogP contribution in [0.25, 0.3) is 0 Å². The highest BCUT2D eigenvalue weighted by molar-refractivity contribution is 5.95. The highest BCUT2D eigenvalue weighted by Crippen LogP contribution is 2.43. The van der Waals surface area contributed by atoms with E-state index in [1.807, 2.05) is 0 Å². The van der Waals surface area contributed by atoms with Gasteiger partial charge in [-0.25, -0.2) is 4.79 Å². The van der Waals surface area contributed by atoms with Crippen molar-refractivity contribution in [2.75, 3.05) is 18.0 Å². The van der Waals surface area contributed by atoms with E-state index in [0.29, 0.717) is 6.42 Å². The Morgan fingerprint density at radius 1 is 1.07 bits per heavy atom. The van der Waals surface area contributed by atoms with Gasteiger partial charge in [0.15, 0.2) is 5.69 Å². The first-order chi connectivity index (χ1) is 14.3. The summed E-state index contributed by atoms with van der Waals surface area (Å²) in [5, 5.41) is 33.3. The topological polar surface area (TPSA) is 127 Å². The molecule has 1 rings (SSSR count). The van der Waals surface area contributed by atoms with Crippen molar-refractivity contribution >= 4 is 23.0 Å². The minimum Gasteiger partial charge on any atom is -0.478 e. The largest absolute Gasteiger partial charge is 0.478 e. The highest BCUT2D eigenvalue weighted by atomic mass is 16.6. The summed E-state index contributed by atoms with van der Waals surface area (Å²) in [5.74, 6) is -1.42. The van der Waals surface area contributed by atoms with Gasteiger partial charge in [0, 0.05) is 24.7 Å². The van der Waals surface area contributed by atoms with E-state index in [9.17, 15) is 30.1 Å². The Hall–Kier alpha value is -3.23. The van der Waals surface area contributed by atoms with Crippen LogP contribution in [0.4, 0.5) is 17.1 Å². The Kier molecular flexibility index (Phi) is 10.2. The van der Waals surface area contributed by atoms with E-state index in [2.05, 4.69) is 20.1 Å². The maximum Gasteiger partial charge on any atom is 0.336 e. The number of hydrogen-bond donors (Lipinski definition) is 1. The molecule has 1 aromatic rings. The summed E-state index contributed by atoms with van der Waals surface area (Å²) < 4.78 is 0. The SMILES string of the molecule is C=CCN(CC=C)c1c([N+](=O)[O-])cc(C(=O)O)c(CCCCCCCC)c1[N+](=O)[O-]. The quantitative estimate of drug-likeness (QED) is 0.177. The molecule has 0 aliphatic rings. The molecule has 0 unspecified atom stereocenters. The third kappa shape index (κ3) is 6.40. The number of hydrogen-bond acceptors (Lipinski definition) is 6. The molecule has 0 radical (unpaired) electrons. The number of carboxylic acid groups (broad SMARTS) is 1. The lowest BCUT2D eigenvalue weighted by Crippen LogP contribution is -2.26. The molecule has 0 amide bonds. The number of aromatic carboxylic acids is 1. The third-order valence-electron chi connectivity index (χ3n) is 4.76. The fourth-order valence-corrected chi connectivity index (χ4v) is 3.43. The summed E-state index contributed by atoms with van der Waals surface area (Å²) >= 11 is 0. The smallest absolute Gasteiger partial charge is 0.336 e. The van der Waals surface area contributed by atoms with E-state index in [-0.39, 0.29) is 30.8 Å². The average Bonchev–Trinajstić information content (AvgIpc) is 2.68. The number of carboxylic acids is 1. The predicted octanol–water partition coefficient (Wildman–Crippen LogP) is 5.28. The van der Waals surface area contributed by atoms with Crippen molar-refractivity contribution in [2.45, 2.75) is 51.9 Å². The number of nitrogens with zero attached hydrogens (tertiary/aromatic N) is 3. The number of anilines is 1. The van der Waals surface area contributed by atoms with Gasteiger partial charge in [-0.15, -0.1) is 13.2 Å². The normalized spacial score (nSPS) is 10.4. The van der Waals surface area contributed by atoms with Gasteiger partial charge in [0.2, 0.25) is 0 Å². The van der Waals surface area contributed by atoms with Crippen LogP contribution in [0.15, 0.2) is 31.4 Å². The van der Waals surface area contributed by atoms with Gasteiger partial charge in [-0.05, 0) is 12.8 Å². The molecule has 164 valence electrons. The van der Waals surface area contributed by atoms with Gasteiger partial charge >= 0.3 is 17.3 Å². The maximum atomic E-state index is 12.0. The molecule has 0 bridgehead atoms. The van der Waals surface area contributed by atoms with E-state index in [0.717, 1.165) is 38.2 Å².